The molecule has 1 amide bonds. The maximum Gasteiger partial charge on any atom is 0.337 e. The average Bonchev–Trinajstić information content (AvgIpc) is 3.93. The highest BCUT2D eigenvalue weighted by atomic mass is 19.1. The smallest absolute Gasteiger partial charge is 0.337 e. The predicted octanol–water partition coefficient (Wildman–Crippen LogP) is 4.89. The third-order valence-electron chi connectivity index (χ3n) is 10.2. The van der Waals surface area contributed by atoms with Crippen molar-refractivity contribution in [1.29, 1.82) is 0 Å². The lowest BCUT2D eigenvalue weighted by atomic mass is 9.90. The van der Waals surface area contributed by atoms with E-state index in [0.29, 0.717) is 37.4 Å². The molecule has 1 aliphatic heterocycles. The predicted molar refractivity (Wildman–Crippen MR) is 181 cm³/mol. The maximum absolute atomic E-state index is 14.4. The molecule has 3 heterocycles. The van der Waals surface area contributed by atoms with Crippen molar-refractivity contribution in [2.24, 2.45) is 5.92 Å². The highest BCUT2D eigenvalue weighted by Gasteiger charge is 2.33. The lowest BCUT2D eigenvalue weighted by molar-refractivity contribution is -0.123. The van der Waals surface area contributed by atoms with Crippen LogP contribution in [-0.4, -0.2) is 68.1 Å². The maximum atomic E-state index is 14.4. The van der Waals surface area contributed by atoms with Gasteiger partial charge in [-0.25, -0.2) is 18.7 Å². The van der Waals surface area contributed by atoms with E-state index < -0.39 is 17.1 Å². The number of carbonyl (C=O) groups excluding carboxylic acids is 1. The van der Waals surface area contributed by atoms with E-state index in [2.05, 4.69) is 58.2 Å². The van der Waals surface area contributed by atoms with Gasteiger partial charge in [-0.1, -0.05) is 36.4 Å². The lowest BCUT2D eigenvalue weighted by Crippen LogP contribution is -2.48. The van der Waals surface area contributed by atoms with Crippen molar-refractivity contribution in [3.63, 3.8) is 0 Å². The fraction of sp³-hybridized carbons (Fsp3) is 0.459. The van der Waals surface area contributed by atoms with Gasteiger partial charge in [0.1, 0.15) is 5.82 Å². The summed E-state index contributed by atoms with van der Waals surface area (Å²) in [6.07, 6.45) is 5.42. The molecule has 1 N–H and O–H groups in total. The number of piperazine rings is 1. The minimum absolute atomic E-state index is 0.0370. The van der Waals surface area contributed by atoms with Gasteiger partial charge in [0, 0.05) is 56.8 Å². The van der Waals surface area contributed by atoms with Crippen molar-refractivity contribution in [3.8, 4) is 16.8 Å². The Bertz CT molecular complexity index is 1880. The first-order chi connectivity index (χ1) is 22.7. The van der Waals surface area contributed by atoms with Crippen LogP contribution in [0, 0.1) is 11.7 Å². The highest BCUT2D eigenvalue weighted by Crippen LogP contribution is 2.32. The molecule has 47 heavy (non-hydrogen) atoms. The van der Waals surface area contributed by atoms with Gasteiger partial charge in [0.2, 0.25) is 5.91 Å². The SMILES string of the molecule is CC(C)N1CCN(Cc2ccc(-c3cccc(-n4c(=O)n([C@H]5CC[C@@H](NC(=O)C6CC6)CC5)c(=O)c5cc(F)cnc54)c3)cc2)CC1. The highest BCUT2D eigenvalue weighted by molar-refractivity contribution is 5.81. The largest absolute Gasteiger partial charge is 0.353 e. The van der Waals surface area contributed by atoms with E-state index >= 15 is 0 Å². The van der Waals surface area contributed by atoms with Gasteiger partial charge in [-0.15, -0.1) is 0 Å². The van der Waals surface area contributed by atoms with Crippen LogP contribution in [0.1, 0.15) is 64.0 Å². The molecule has 2 aromatic carbocycles. The minimum atomic E-state index is -0.631. The number of halogens is 1. The molecule has 2 saturated carbocycles. The third kappa shape index (κ3) is 6.67. The number of nitrogens with one attached hydrogen (secondary N) is 1. The van der Waals surface area contributed by atoms with Crippen LogP contribution < -0.4 is 16.6 Å². The summed E-state index contributed by atoms with van der Waals surface area (Å²) in [5.74, 6) is -0.390. The second-order valence-corrected chi connectivity index (χ2v) is 13.8. The molecule has 7 rings (SSSR count). The molecule has 2 aromatic heterocycles. The van der Waals surface area contributed by atoms with Crippen molar-refractivity contribution < 1.29 is 9.18 Å². The van der Waals surface area contributed by atoms with Crippen LogP contribution >= 0.6 is 0 Å². The van der Waals surface area contributed by atoms with E-state index in [0.717, 1.165) is 62.9 Å². The summed E-state index contributed by atoms with van der Waals surface area (Å²) in [5, 5.41) is 3.20. The van der Waals surface area contributed by atoms with Gasteiger partial charge in [0.25, 0.3) is 5.56 Å². The second-order valence-electron chi connectivity index (χ2n) is 13.8. The number of carbonyl (C=O) groups is 1. The first kappa shape index (κ1) is 31.4. The van der Waals surface area contributed by atoms with Crippen LogP contribution in [0.2, 0.25) is 0 Å². The van der Waals surface area contributed by atoms with Crippen molar-refractivity contribution in [1.82, 2.24) is 29.2 Å². The molecule has 246 valence electrons. The van der Waals surface area contributed by atoms with Gasteiger partial charge in [-0.05, 0) is 87.3 Å². The third-order valence-corrected chi connectivity index (χ3v) is 10.2. The summed E-state index contributed by atoms with van der Waals surface area (Å²) < 4.78 is 17.2. The number of nitrogens with zero attached hydrogens (tertiary/aromatic N) is 5. The van der Waals surface area contributed by atoms with E-state index in [1.165, 1.54) is 20.8 Å². The molecule has 0 unspecified atom stereocenters. The van der Waals surface area contributed by atoms with Crippen LogP contribution in [0.15, 0.2) is 70.4 Å². The van der Waals surface area contributed by atoms with Crippen molar-refractivity contribution >= 4 is 16.9 Å². The number of pyridine rings is 1. The zero-order chi connectivity index (χ0) is 32.7. The van der Waals surface area contributed by atoms with E-state index in [4.69, 9.17) is 0 Å². The van der Waals surface area contributed by atoms with Gasteiger partial charge >= 0.3 is 5.69 Å². The van der Waals surface area contributed by atoms with Crippen LogP contribution in [0.4, 0.5) is 4.39 Å². The standard InChI is InChI=1S/C37H43FN6O3/c1-24(2)42-18-16-41(17-19-42)23-25-6-8-26(9-7-25)28-4-3-5-32(20-28)43-34-33(21-29(38)22-39-34)36(46)44(37(43)47)31-14-12-30(13-15-31)40-35(45)27-10-11-27/h3-9,20-22,24,27,30-31H,10-19,23H2,1-2H3,(H,40,45)/t30-,31+. The molecule has 4 aromatic rings. The minimum Gasteiger partial charge on any atom is -0.353 e. The molecular weight excluding hydrogens is 595 g/mol. The Balaban J connectivity index is 1.15. The number of hydrogen-bond donors (Lipinski definition) is 1. The fourth-order valence-corrected chi connectivity index (χ4v) is 7.20. The van der Waals surface area contributed by atoms with Crippen molar-refractivity contribution in [3.05, 3.63) is 93.0 Å². The number of rotatable bonds is 8. The summed E-state index contributed by atoms with van der Waals surface area (Å²) in [7, 11) is 0. The molecule has 0 bridgehead atoms. The van der Waals surface area contributed by atoms with Gasteiger partial charge in [0.15, 0.2) is 5.65 Å². The Hall–Kier alpha value is -4.15. The summed E-state index contributed by atoms with van der Waals surface area (Å²) in [6.45, 7) is 9.70. The molecule has 3 fully saturated rings. The number of fused-ring (bicyclic) bond motifs is 1. The average molecular weight is 639 g/mol. The van der Waals surface area contributed by atoms with Gasteiger partial charge in [-0.2, -0.15) is 0 Å². The zero-order valence-electron chi connectivity index (χ0n) is 27.2. The molecule has 9 nitrogen and oxygen atoms in total. The fourth-order valence-electron chi connectivity index (χ4n) is 7.20. The Morgan fingerprint density at radius 2 is 1.64 bits per heavy atom. The summed E-state index contributed by atoms with van der Waals surface area (Å²) in [5.41, 5.74) is 2.86. The Kier molecular flexibility index (Phi) is 8.81. The molecule has 0 radical (unpaired) electrons. The topological polar surface area (TPSA) is 92.5 Å². The molecule has 2 aliphatic carbocycles. The first-order valence-corrected chi connectivity index (χ1v) is 17.0. The Morgan fingerprint density at radius 3 is 2.32 bits per heavy atom. The van der Waals surface area contributed by atoms with Gasteiger partial charge in [0.05, 0.1) is 17.3 Å². The molecule has 3 aliphatic rings. The normalized spacial score (nSPS) is 20.9. The van der Waals surface area contributed by atoms with Gasteiger partial charge < -0.3 is 5.32 Å². The summed E-state index contributed by atoms with van der Waals surface area (Å²) in [6, 6.07) is 17.6. The molecular formula is C37H43FN6O3. The van der Waals surface area contributed by atoms with E-state index in [9.17, 15) is 18.8 Å². The van der Waals surface area contributed by atoms with Crippen LogP contribution in [-0.2, 0) is 11.3 Å². The van der Waals surface area contributed by atoms with Crippen LogP contribution in [0.5, 0.6) is 0 Å². The summed E-state index contributed by atoms with van der Waals surface area (Å²) in [4.78, 5) is 49.5. The van der Waals surface area contributed by atoms with E-state index in [-0.39, 0.29) is 34.9 Å². The Morgan fingerprint density at radius 1 is 0.915 bits per heavy atom. The lowest BCUT2D eigenvalue weighted by Gasteiger charge is -2.36. The molecule has 1 saturated heterocycles. The second kappa shape index (κ2) is 13.2. The molecule has 10 heteroatoms. The van der Waals surface area contributed by atoms with E-state index in [1.54, 1.807) is 0 Å². The molecule has 0 atom stereocenters. The number of hydrogen-bond acceptors (Lipinski definition) is 6. The first-order valence-electron chi connectivity index (χ1n) is 17.0. The Labute approximate surface area is 274 Å². The number of benzene rings is 2. The van der Waals surface area contributed by atoms with E-state index in [1.807, 2.05) is 24.3 Å². The molecule has 0 spiro atoms. The number of aromatic nitrogens is 3. The quantitative estimate of drug-likeness (QED) is 0.296. The van der Waals surface area contributed by atoms with Crippen molar-refractivity contribution in [2.45, 2.75) is 77.0 Å². The monoisotopic (exact) mass is 638 g/mol. The summed E-state index contributed by atoms with van der Waals surface area (Å²) >= 11 is 0. The number of amides is 1. The van der Waals surface area contributed by atoms with Crippen molar-refractivity contribution in [2.75, 3.05) is 26.2 Å². The van der Waals surface area contributed by atoms with Crippen LogP contribution in [0.25, 0.3) is 27.8 Å². The van der Waals surface area contributed by atoms with Crippen LogP contribution in [0.3, 0.4) is 0 Å². The zero-order valence-corrected chi connectivity index (χ0v) is 27.2. The van der Waals surface area contributed by atoms with Gasteiger partial charge in [-0.3, -0.25) is 24.0 Å².